The summed E-state index contributed by atoms with van der Waals surface area (Å²) in [4.78, 5) is 14.9. The fourth-order valence-electron chi connectivity index (χ4n) is 2.27. The number of carboxylic acids is 1. The second kappa shape index (κ2) is 4.76. The Morgan fingerprint density at radius 2 is 2.10 bits per heavy atom. The van der Waals surface area contributed by atoms with Gasteiger partial charge < -0.3 is 9.51 Å². The molecule has 2 aromatic heterocycles. The lowest BCUT2D eigenvalue weighted by Crippen LogP contribution is -2.01. The van der Waals surface area contributed by atoms with E-state index >= 15 is 0 Å². The Bertz CT molecular complexity index is 824. The third-order valence-electron chi connectivity index (χ3n) is 3.27. The number of benzene rings is 1. The molecule has 1 aromatic carbocycles. The fraction of sp³-hybridized carbons (Fsp3) is 0.0667. The second-order valence-electron chi connectivity index (χ2n) is 4.53. The van der Waals surface area contributed by atoms with Crippen molar-refractivity contribution in [1.29, 1.82) is 0 Å². The summed E-state index contributed by atoms with van der Waals surface area (Å²) in [5, 5.41) is 9.00. The normalized spacial score (nSPS) is 10.9. The smallest absolute Gasteiger partial charge is 0.354 e. The van der Waals surface area contributed by atoms with Crippen LogP contribution in [0, 0.1) is 6.92 Å². The summed E-state index contributed by atoms with van der Waals surface area (Å²) in [5.41, 5.74) is 4.05. The molecule has 0 unspecified atom stereocenters. The van der Waals surface area contributed by atoms with Gasteiger partial charge in [0.05, 0.1) is 0 Å². The predicted octanol–water partition coefficient (Wildman–Crippen LogP) is 3.77. The Morgan fingerprint density at radius 3 is 2.80 bits per heavy atom. The zero-order valence-corrected chi connectivity index (χ0v) is 12.3. The Kier molecular flexibility index (Phi) is 3.06. The summed E-state index contributed by atoms with van der Waals surface area (Å²) in [7, 11) is 0. The number of hydrogen-bond donors (Lipinski definition) is 1. The molecule has 1 N–H and O–H groups in total. The van der Waals surface area contributed by atoms with Crippen molar-refractivity contribution in [3.63, 3.8) is 0 Å². The molecule has 3 rings (SSSR count). The number of carboxylic acid groups (broad SMARTS) is 1. The minimum Gasteiger partial charge on any atom is -0.477 e. The summed E-state index contributed by atoms with van der Waals surface area (Å²) < 4.78 is 2.90. The van der Waals surface area contributed by atoms with E-state index in [-0.39, 0.29) is 5.69 Å². The number of halogens is 1. The molecular weight excluding hydrogens is 320 g/mol. The van der Waals surface area contributed by atoms with Crippen LogP contribution in [0.15, 0.2) is 47.2 Å². The van der Waals surface area contributed by atoms with Crippen LogP contribution in [0.1, 0.15) is 16.2 Å². The largest absolute Gasteiger partial charge is 0.477 e. The summed E-state index contributed by atoms with van der Waals surface area (Å²) >= 11 is 3.46. The molecule has 20 heavy (non-hydrogen) atoms. The maximum Gasteiger partial charge on any atom is 0.354 e. The van der Waals surface area contributed by atoms with Gasteiger partial charge in [0.15, 0.2) is 5.69 Å². The summed E-state index contributed by atoms with van der Waals surface area (Å²) in [6.07, 6.45) is 1.55. The standard InChI is InChI=1S/C15H11BrN2O2/c1-9-13(10-3-2-4-11(16)5-10)6-12-7-14(15(19)20)17-8-18(9)12/h2-8H,1H3,(H,19,20). The van der Waals surface area contributed by atoms with Crippen LogP contribution in [0.2, 0.25) is 0 Å². The molecule has 0 aliphatic rings. The first-order chi connectivity index (χ1) is 9.56. The van der Waals surface area contributed by atoms with Crippen molar-refractivity contribution in [3.05, 3.63) is 58.6 Å². The molecule has 0 saturated heterocycles. The van der Waals surface area contributed by atoms with Crippen LogP contribution in [0.3, 0.4) is 0 Å². The number of aromatic nitrogens is 2. The number of carbonyl (C=O) groups is 1. The van der Waals surface area contributed by atoms with Crippen molar-refractivity contribution in [2.45, 2.75) is 6.92 Å². The lowest BCUT2D eigenvalue weighted by molar-refractivity contribution is 0.0690. The average molecular weight is 331 g/mol. The van der Waals surface area contributed by atoms with Crippen LogP contribution in [-0.2, 0) is 0 Å². The number of nitrogens with zero attached hydrogens (tertiary/aromatic N) is 2. The highest BCUT2D eigenvalue weighted by Crippen LogP contribution is 2.29. The van der Waals surface area contributed by atoms with E-state index in [0.717, 1.165) is 26.8 Å². The minimum absolute atomic E-state index is 0.0517. The summed E-state index contributed by atoms with van der Waals surface area (Å²) in [6.45, 7) is 1.99. The first kappa shape index (κ1) is 12.9. The van der Waals surface area contributed by atoms with Gasteiger partial charge in [-0.15, -0.1) is 0 Å². The number of hydrogen-bond acceptors (Lipinski definition) is 2. The zero-order chi connectivity index (χ0) is 14.3. The predicted molar refractivity (Wildman–Crippen MR) is 80.0 cm³/mol. The Morgan fingerprint density at radius 1 is 1.30 bits per heavy atom. The van der Waals surface area contributed by atoms with Crippen molar-refractivity contribution < 1.29 is 9.90 Å². The third-order valence-corrected chi connectivity index (χ3v) is 3.77. The second-order valence-corrected chi connectivity index (χ2v) is 5.44. The third kappa shape index (κ3) is 2.10. The van der Waals surface area contributed by atoms with Crippen LogP contribution in [0.5, 0.6) is 0 Å². The van der Waals surface area contributed by atoms with Crippen LogP contribution < -0.4 is 0 Å². The fourth-order valence-corrected chi connectivity index (χ4v) is 2.67. The van der Waals surface area contributed by atoms with Crippen molar-refractivity contribution in [1.82, 2.24) is 9.38 Å². The van der Waals surface area contributed by atoms with E-state index in [1.165, 1.54) is 0 Å². The van der Waals surface area contributed by atoms with Crippen LogP contribution in [-0.4, -0.2) is 20.5 Å². The van der Waals surface area contributed by atoms with E-state index in [2.05, 4.69) is 20.9 Å². The van der Waals surface area contributed by atoms with Gasteiger partial charge in [-0.25, -0.2) is 9.78 Å². The number of rotatable bonds is 2. The van der Waals surface area contributed by atoms with E-state index < -0.39 is 5.97 Å². The molecule has 0 bridgehead atoms. The van der Waals surface area contributed by atoms with Crippen molar-refractivity contribution in [3.8, 4) is 11.1 Å². The molecule has 3 aromatic rings. The van der Waals surface area contributed by atoms with E-state index in [4.69, 9.17) is 5.11 Å². The van der Waals surface area contributed by atoms with Gasteiger partial charge in [-0.2, -0.15) is 0 Å². The average Bonchev–Trinajstić information content (AvgIpc) is 2.75. The van der Waals surface area contributed by atoms with Crippen LogP contribution in [0.25, 0.3) is 16.6 Å². The molecule has 100 valence electrons. The van der Waals surface area contributed by atoms with E-state index in [0.29, 0.717) is 0 Å². The topological polar surface area (TPSA) is 54.6 Å². The quantitative estimate of drug-likeness (QED) is 0.778. The molecule has 0 fully saturated rings. The van der Waals surface area contributed by atoms with Gasteiger partial charge in [0, 0.05) is 21.2 Å². The molecule has 5 heteroatoms. The van der Waals surface area contributed by atoms with Crippen LogP contribution >= 0.6 is 15.9 Å². The van der Waals surface area contributed by atoms with Gasteiger partial charge in [-0.05, 0) is 36.8 Å². The zero-order valence-electron chi connectivity index (χ0n) is 10.7. The molecule has 0 aliphatic heterocycles. The van der Waals surface area contributed by atoms with Gasteiger partial charge in [0.2, 0.25) is 0 Å². The van der Waals surface area contributed by atoms with Crippen molar-refractivity contribution in [2.75, 3.05) is 0 Å². The molecule has 0 atom stereocenters. The van der Waals surface area contributed by atoms with Crippen molar-refractivity contribution >= 4 is 27.4 Å². The maximum absolute atomic E-state index is 11.0. The van der Waals surface area contributed by atoms with Gasteiger partial charge in [0.1, 0.15) is 6.33 Å². The summed E-state index contributed by atoms with van der Waals surface area (Å²) in [6, 6.07) is 11.6. The Labute approximate surface area is 123 Å². The lowest BCUT2D eigenvalue weighted by atomic mass is 10.1. The molecular formula is C15H11BrN2O2. The van der Waals surface area contributed by atoms with E-state index in [1.807, 2.05) is 41.7 Å². The minimum atomic E-state index is -1.02. The molecule has 4 nitrogen and oxygen atoms in total. The monoisotopic (exact) mass is 330 g/mol. The van der Waals surface area contributed by atoms with Gasteiger partial charge in [-0.1, -0.05) is 28.1 Å². The molecule has 2 heterocycles. The van der Waals surface area contributed by atoms with Gasteiger partial charge >= 0.3 is 5.97 Å². The SMILES string of the molecule is Cc1c(-c2cccc(Br)c2)cc2cc(C(=O)O)ncn12. The lowest BCUT2D eigenvalue weighted by Gasteiger charge is -2.02. The highest BCUT2D eigenvalue weighted by atomic mass is 79.9. The number of aromatic carboxylic acids is 1. The Balaban J connectivity index is 2.22. The highest BCUT2D eigenvalue weighted by Gasteiger charge is 2.11. The molecule has 0 spiro atoms. The van der Waals surface area contributed by atoms with E-state index in [1.54, 1.807) is 12.4 Å². The van der Waals surface area contributed by atoms with Crippen LogP contribution in [0.4, 0.5) is 0 Å². The van der Waals surface area contributed by atoms with E-state index in [9.17, 15) is 4.79 Å². The maximum atomic E-state index is 11.0. The van der Waals surface area contributed by atoms with Gasteiger partial charge in [0.25, 0.3) is 0 Å². The first-order valence-corrected chi connectivity index (χ1v) is 6.82. The Hall–Kier alpha value is -2.14. The number of aryl methyl sites for hydroxylation is 1. The highest BCUT2D eigenvalue weighted by molar-refractivity contribution is 9.10. The summed E-state index contributed by atoms with van der Waals surface area (Å²) in [5.74, 6) is -1.02. The van der Waals surface area contributed by atoms with Gasteiger partial charge in [-0.3, -0.25) is 0 Å². The van der Waals surface area contributed by atoms with Crippen molar-refractivity contribution in [2.24, 2.45) is 0 Å². The first-order valence-electron chi connectivity index (χ1n) is 6.03. The molecule has 0 amide bonds. The number of fused-ring (bicyclic) bond motifs is 1. The molecule has 0 aliphatic carbocycles. The molecule has 0 saturated carbocycles. The molecule has 0 radical (unpaired) electrons.